The number of imidazole rings is 1. The number of fused-ring (bicyclic) bond motifs is 1. The number of carboxylic acid groups (broad SMARTS) is 1. The van der Waals surface area contributed by atoms with Gasteiger partial charge in [0.05, 0.1) is 12.2 Å². The normalized spacial score (nSPS) is 11.3. The first-order valence-corrected chi connectivity index (χ1v) is 9.10. The maximum atomic E-state index is 14.5. The van der Waals surface area contributed by atoms with E-state index in [0.717, 1.165) is 9.13 Å². The molecule has 3 aromatic heterocycles. The van der Waals surface area contributed by atoms with Crippen LogP contribution in [0, 0.1) is 5.82 Å². The van der Waals surface area contributed by atoms with Gasteiger partial charge in [0.25, 0.3) is 5.56 Å². The second-order valence-electron chi connectivity index (χ2n) is 6.65. The predicted octanol–water partition coefficient (Wildman–Crippen LogP) is 2.27. The molecule has 154 valence electrons. The van der Waals surface area contributed by atoms with Crippen molar-refractivity contribution in [1.29, 1.82) is 0 Å². The van der Waals surface area contributed by atoms with Crippen LogP contribution in [0.15, 0.2) is 46.1 Å². The van der Waals surface area contributed by atoms with Crippen LogP contribution in [0.3, 0.4) is 0 Å². The highest BCUT2D eigenvalue weighted by Crippen LogP contribution is 2.27. The van der Waals surface area contributed by atoms with Crippen LogP contribution in [-0.4, -0.2) is 34.5 Å². The zero-order valence-electron chi connectivity index (χ0n) is 15.8. The molecule has 4 aromatic rings. The molecule has 1 aromatic carbocycles. The molecule has 0 fully saturated rings. The van der Waals surface area contributed by atoms with Gasteiger partial charge in [0, 0.05) is 30.9 Å². The van der Waals surface area contributed by atoms with Crippen LogP contribution in [0.5, 0.6) is 0 Å². The molecule has 0 saturated carbocycles. The molecule has 11 heteroatoms. The van der Waals surface area contributed by atoms with Crippen LogP contribution in [0.25, 0.3) is 22.7 Å². The zero-order chi connectivity index (χ0) is 21.7. The van der Waals surface area contributed by atoms with Crippen molar-refractivity contribution in [3.05, 3.63) is 73.8 Å². The summed E-state index contributed by atoms with van der Waals surface area (Å²) in [5, 5.41) is 9.62. The van der Waals surface area contributed by atoms with Crippen LogP contribution >= 0.6 is 11.6 Å². The van der Waals surface area contributed by atoms with E-state index in [0.29, 0.717) is 0 Å². The van der Waals surface area contributed by atoms with Gasteiger partial charge in [-0.15, -0.1) is 0 Å². The van der Waals surface area contributed by atoms with Crippen LogP contribution in [0.4, 0.5) is 9.18 Å². The summed E-state index contributed by atoms with van der Waals surface area (Å²) >= 11 is 6.17. The summed E-state index contributed by atoms with van der Waals surface area (Å²) in [6, 6.07) is 7.19. The molecule has 0 radical (unpaired) electrons. The Morgan fingerprint density at radius 1 is 1.17 bits per heavy atom. The lowest BCUT2D eigenvalue weighted by Gasteiger charge is -2.12. The van der Waals surface area contributed by atoms with Crippen LogP contribution < -0.4 is 11.2 Å². The highest BCUT2D eigenvalue weighted by atomic mass is 35.5. The number of hydrogen-bond acceptors (Lipinski definition) is 4. The number of hydrogen-bond donors (Lipinski definition) is 1. The van der Waals surface area contributed by atoms with E-state index in [1.807, 2.05) is 0 Å². The SMILES string of the molecule is Cn1c(=O)c2c(nc(-c3cccn3C(=O)O)n2Cc2c(F)cccc2Cl)n(C)c1=O. The average molecular weight is 432 g/mol. The van der Waals surface area contributed by atoms with Crippen molar-refractivity contribution in [3.63, 3.8) is 0 Å². The molecule has 0 aliphatic heterocycles. The van der Waals surface area contributed by atoms with Gasteiger partial charge in [-0.3, -0.25) is 13.9 Å². The largest absolute Gasteiger partial charge is 0.464 e. The Hall–Kier alpha value is -3.66. The summed E-state index contributed by atoms with van der Waals surface area (Å²) in [5.41, 5.74) is -0.922. The number of carbonyl (C=O) groups is 1. The van der Waals surface area contributed by atoms with Gasteiger partial charge in [0.15, 0.2) is 17.0 Å². The second-order valence-corrected chi connectivity index (χ2v) is 7.05. The molecule has 0 atom stereocenters. The third kappa shape index (κ3) is 2.84. The Balaban J connectivity index is 2.13. The molecular formula is C19H15ClFN5O4. The van der Waals surface area contributed by atoms with Crippen molar-refractivity contribution in [2.24, 2.45) is 14.1 Å². The smallest absolute Gasteiger partial charge is 0.416 e. The minimum Gasteiger partial charge on any atom is -0.464 e. The van der Waals surface area contributed by atoms with Gasteiger partial charge in [-0.05, 0) is 24.3 Å². The summed E-state index contributed by atoms with van der Waals surface area (Å²) in [6.45, 7) is -0.199. The molecule has 3 heterocycles. The first-order valence-electron chi connectivity index (χ1n) is 8.72. The van der Waals surface area contributed by atoms with Crippen molar-refractivity contribution in [2.45, 2.75) is 6.54 Å². The molecular weight excluding hydrogens is 417 g/mol. The average Bonchev–Trinajstić information content (AvgIpc) is 3.32. The number of halogens is 2. The monoisotopic (exact) mass is 431 g/mol. The molecule has 0 saturated heterocycles. The molecule has 4 rings (SSSR count). The predicted molar refractivity (Wildman–Crippen MR) is 108 cm³/mol. The molecule has 30 heavy (non-hydrogen) atoms. The van der Waals surface area contributed by atoms with Gasteiger partial charge >= 0.3 is 11.8 Å². The van der Waals surface area contributed by atoms with Crippen molar-refractivity contribution in [2.75, 3.05) is 0 Å². The fourth-order valence-electron chi connectivity index (χ4n) is 3.37. The van der Waals surface area contributed by atoms with Crippen molar-refractivity contribution in [1.82, 2.24) is 23.3 Å². The fraction of sp³-hybridized carbons (Fsp3) is 0.158. The van der Waals surface area contributed by atoms with Crippen LogP contribution in [0.1, 0.15) is 5.56 Å². The molecule has 0 unspecified atom stereocenters. The number of nitrogens with zero attached hydrogens (tertiary/aromatic N) is 5. The Morgan fingerprint density at radius 3 is 2.57 bits per heavy atom. The Labute approximate surface area is 172 Å². The molecule has 0 amide bonds. The lowest BCUT2D eigenvalue weighted by atomic mass is 10.2. The van der Waals surface area contributed by atoms with Gasteiger partial charge in [-0.2, -0.15) is 0 Å². The van der Waals surface area contributed by atoms with E-state index in [4.69, 9.17) is 11.6 Å². The van der Waals surface area contributed by atoms with E-state index in [1.54, 1.807) is 0 Å². The maximum Gasteiger partial charge on any atom is 0.416 e. The molecule has 0 spiro atoms. The standard InChI is InChI=1S/C19H15ClFN5O4/c1-23-16-14(17(27)24(2)18(23)28)26(9-10-11(20)5-3-6-12(10)21)15(22-16)13-7-4-8-25(13)19(29)30/h3-8H,9H2,1-2H3,(H,29,30). The minimum atomic E-state index is -1.26. The van der Waals surface area contributed by atoms with Crippen molar-refractivity contribution >= 4 is 28.9 Å². The Kier molecular flexibility index (Phi) is 4.58. The number of rotatable bonds is 3. The number of benzene rings is 1. The first-order chi connectivity index (χ1) is 14.2. The zero-order valence-corrected chi connectivity index (χ0v) is 16.6. The van der Waals surface area contributed by atoms with Crippen molar-refractivity contribution < 1.29 is 14.3 Å². The summed E-state index contributed by atoms with van der Waals surface area (Å²) < 4.78 is 18.9. The third-order valence-corrected chi connectivity index (χ3v) is 5.26. The van der Waals surface area contributed by atoms with Crippen LogP contribution in [0.2, 0.25) is 5.02 Å². The summed E-state index contributed by atoms with van der Waals surface area (Å²) in [4.78, 5) is 41.3. The number of aromatic nitrogens is 5. The van der Waals surface area contributed by atoms with Gasteiger partial charge < -0.3 is 9.67 Å². The highest BCUT2D eigenvalue weighted by molar-refractivity contribution is 6.31. The molecule has 0 aliphatic rings. The van der Waals surface area contributed by atoms with Gasteiger partial charge in [-0.1, -0.05) is 17.7 Å². The Bertz CT molecular complexity index is 1430. The maximum absolute atomic E-state index is 14.5. The molecule has 9 nitrogen and oxygen atoms in total. The highest BCUT2D eigenvalue weighted by Gasteiger charge is 2.24. The topological polar surface area (TPSA) is 104 Å². The lowest BCUT2D eigenvalue weighted by molar-refractivity contribution is 0.196. The van der Waals surface area contributed by atoms with Gasteiger partial charge in [-0.25, -0.2) is 23.5 Å². The summed E-state index contributed by atoms with van der Waals surface area (Å²) in [5.74, 6) is -0.513. The quantitative estimate of drug-likeness (QED) is 0.536. The second kappa shape index (κ2) is 6.99. The minimum absolute atomic E-state index is 0.0204. The molecule has 0 bridgehead atoms. The van der Waals surface area contributed by atoms with Gasteiger partial charge in [0.1, 0.15) is 5.82 Å². The number of aryl methyl sites for hydroxylation is 1. The van der Waals surface area contributed by atoms with Crippen molar-refractivity contribution in [3.8, 4) is 11.5 Å². The lowest BCUT2D eigenvalue weighted by Crippen LogP contribution is -2.37. The van der Waals surface area contributed by atoms with Crippen LogP contribution in [-0.2, 0) is 20.6 Å². The van der Waals surface area contributed by atoms with E-state index < -0.39 is 23.2 Å². The third-order valence-electron chi connectivity index (χ3n) is 4.91. The van der Waals surface area contributed by atoms with Gasteiger partial charge in [0.2, 0.25) is 0 Å². The van der Waals surface area contributed by atoms with E-state index in [1.165, 1.54) is 59.8 Å². The summed E-state index contributed by atoms with van der Waals surface area (Å²) in [6.07, 6.45) is 0.0495. The van der Waals surface area contributed by atoms with E-state index in [-0.39, 0.29) is 39.8 Å². The molecule has 0 aliphatic carbocycles. The fourth-order valence-corrected chi connectivity index (χ4v) is 3.59. The summed E-state index contributed by atoms with van der Waals surface area (Å²) in [7, 11) is 2.76. The molecule has 1 N–H and O–H groups in total. The van der Waals surface area contributed by atoms with E-state index >= 15 is 0 Å². The van der Waals surface area contributed by atoms with E-state index in [9.17, 15) is 23.9 Å². The Morgan fingerprint density at radius 2 is 1.90 bits per heavy atom. The van der Waals surface area contributed by atoms with E-state index in [2.05, 4.69) is 4.98 Å². The first kappa shape index (κ1) is 19.6.